The SMILES string of the molecule is CCOCc1nnc2n1Cc1c(C3=N[C@@H](c4ccccc4)CO3)ncn1-c1ccc(Cl)cc1-2. The molecule has 0 unspecified atom stereocenters. The number of hydrogen-bond donors (Lipinski definition) is 0. The third-order valence-corrected chi connectivity index (χ3v) is 6.17. The van der Waals surface area contributed by atoms with Gasteiger partial charge in [0.05, 0.1) is 17.9 Å². The van der Waals surface area contributed by atoms with E-state index in [0.29, 0.717) is 37.3 Å². The second-order valence-corrected chi connectivity index (χ2v) is 8.34. The molecule has 2 aliphatic rings. The Labute approximate surface area is 195 Å². The third kappa shape index (κ3) is 3.42. The van der Waals surface area contributed by atoms with Crippen LogP contribution in [0.25, 0.3) is 17.1 Å². The van der Waals surface area contributed by atoms with Crippen molar-refractivity contribution in [2.24, 2.45) is 4.99 Å². The van der Waals surface area contributed by atoms with Gasteiger partial charge in [-0.05, 0) is 30.7 Å². The first-order chi connectivity index (χ1) is 16.2. The summed E-state index contributed by atoms with van der Waals surface area (Å²) in [5.41, 5.74) is 4.61. The second kappa shape index (κ2) is 8.13. The van der Waals surface area contributed by atoms with E-state index in [-0.39, 0.29) is 6.04 Å². The first-order valence-corrected chi connectivity index (χ1v) is 11.2. The fraction of sp³-hybridized carbons (Fsp3) is 0.250. The lowest BCUT2D eigenvalue weighted by Crippen LogP contribution is -2.13. The van der Waals surface area contributed by atoms with Crippen molar-refractivity contribution in [1.82, 2.24) is 24.3 Å². The summed E-state index contributed by atoms with van der Waals surface area (Å²) in [7, 11) is 0. The summed E-state index contributed by atoms with van der Waals surface area (Å²) >= 11 is 6.35. The average Bonchev–Trinajstić information content (AvgIpc) is 3.56. The summed E-state index contributed by atoms with van der Waals surface area (Å²) in [5, 5.41) is 9.50. The molecule has 6 rings (SSSR count). The van der Waals surface area contributed by atoms with Gasteiger partial charge >= 0.3 is 0 Å². The van der Waals surface area contributed by atoms with E-state index < -0.39 is 0 Å². The molecule has 0 saturated heterocycles. The van der Waals surface area contributed by atoms with Crippen molar-refractivity contribution >= 4 is 17.5 Å². The average molecular weight is 461 g/mol. The zero-order valence-corrected chi connectivity index (χ0v) is 18.7. The molecule has 9 heteroatoms. The first kappa shape index (κ1) is 20.1. The Balaban J connectivity index is 1.47. The quantitative estimate of drug-likeness (QED) is 0.392. The lowest BCUT2D eigenvalue weighted by atomic mass is 10.1. The molecule has 1 atom stereocenters. The Morgan fingerprint density at radius 3 is 2.88 bits per heavy atom. The lowest BCUT2D eigenvalue weighted by molar-refractivity contribution is 0.125. The van der Waals surface area contributed by atoms with Gasteiger partial charge in [-0.25, -0.2) is 9.98 Å². The van der Waals surface area contributed by atoms with Crippen LogP contribution in [0.15, 0.2) is 59.9 Å². The van der Waals surface area contributed by atoms with Crippen LogP contribution in [0.4, 0.5) is 0 Å². The molecule has 2 aromatic carbocycles. The van der Waals surface area contributed by atoms with Gasteiger partial charge in [0.15, 0.2) is 11.6 Å². The molecular weight excluding hydrogens is 440 g/mol. The molecular formula is C24H21ClN6O2. The molecule has 0 fully saturated rings. The van der Waals surface area contributed by atoms with Gasteiger partial charge in [0.1, 0.15) is 31.3 Å². The fourth-order valence-corrected chi connectivity index (χ4v) is 4.48. The molecule has 0 bridgehead atoms. The van der Waals surface area contributed by atoms with Gasteiger partial charge in [0.2, 0.25) is 5.90 Å². The molecule has 0 aliphatic carbocycles. The van der Waals surface area contributed by atoms with E-state index in [9.17, 15) is 0 Å². The minimum absolute atomic E-state index is 0.0468. The van der Waals surface area contributed by atoms with Crippen LogP contribution in [0, 0.1) is 0 Å². The van der Waals surface area contributed by atoms with Crippen LogP contribution < -0.4 is 0 Å². The van der Waals surface area contributed by atoms with E-state index in [1.807, 2.05) is 43.3 Å². The Kier molecular flexibility index (Phi) is 4.96. The molecule has 0 spiro atoms. The van der Waals surface area contributed by atoms with Crippen LogP contribution in [0.1, 0.15) is 35.7 Å². The number of halogens is 1. The number of ether oxygens (including phenoxy) is 2. The topological polar surface area (TPSA) is 79.3 Å². The van der Waals surface area contributed by atoms with Gasteiger partial charge in [-0.1, -0.05) is 41.9 Å². The van der Waals surface area contributed by atoms with E-state index in [1.54, 1.807) is 6.33 Å². The number of aliphatic imine (C=N–C) groups is 1. The predicted molar refractivity (Wildman–Crippen MR) is 124 cm³/mol. The predicted octanol–water partition coefficient (Wildman–Crippen LogP) is 4.20. The van der Waals surface area contributed by atoms with E-state index in [0.717, 1.165) is 39.9 Å². The summed E-state index contributed by atoms with van der Waals surface area (Å²) in [5.74, 6) is 2.04. The lowest BCUT2D eigenvalue weighted by Gasteiger charge is -2.09. The monoisotopic (exact) mass is 460 g/mol. The molecule has 0 radical (unpaired) electrons. The van der Waals surface area contributed by atoms with Crippen LogP contribution >= 0.6 is 11.6 Å². The maximum atomic E-state index is 6.35. The molecule has 8 nitrogen and oxygen atoms in total. The summed E-state index contributed by atoms with van der Waals surface area (Å²) in [6, 6.07) is 15.9. The number of aromatic nitrogens is 5. The standard InChI is InChI=1S/C24H21ClN6O2/c1-2-32-13-21-28-29-23-17-10-16(25)8-9-19(17)31-14-26-22(20(31)11-30(21)23)24-27-18(12-33-24)15-6-4-3-5-7-15/h3-10,14,18H,2,11-13H2,1H3/t18-/m1/s1. The smallest absolute Gasteiger partial charge is 0.238 e. The molecule has 2 aromatic heterocycles. The van der Waals surface area contributed by atoms with Crippen LogP contribution in [0.3, 0.4) is 0 Å². The minimum atomic E-state index is -0.0468. The minimum Gasteiger partial charge on any atom is -0.474 e. The largest absolute Gasteiger partial charge is 0.474 e. The molecule has 0 amide bonds. The number of rotatable bonds is 5. The Hall–Kier alpha value is -3.49. The van der Waals surface area contributed by atoms with Crippen molar-refractivity contribution in [3.05, 3.63) is 82.7 Å². The number of benzene rings is 2. The number of nitrogens with zero attached hydrogens (tertiary/aromatic N) is 6. The van der Waals surface area contributed by atoms with Crippen LogP contribution in [-0.4, -0.2) is 43.4 Å². The molecule has 4 heterocycles. The summed E-state index contributed by atoms with van der Waals surface area (Å²) in [6.45, 7) is 3.92. The molecule has 166 valence electrons. The third-order valence-electron chi connectivity index (χ3n) is 5.93. The second-order valence-electron chi connectivity index (χ2n) is 7.91. The highest BCUT2D eigenvalue weighted by Gasteiger charge is 2.30. The Bertz CT molecular complexity index is 1360. The van der Waals surface area contributed by atoms with E-state index in [1.165, 1.54) is 0 Å². The maximum Gasteiger partial charge on any atom is 0.238 e. The van der Waals surface area contributed by atoms with Crippen LogP contribution in [0.2, 0.25) is 5.02 Å². The summed E-state index contributed by atoms with van der Waals surface area (Å²) < 4.78 is 15.8. The Morgan fingerprint density at radius 1 is 1.15 bits per heavy atom. The van der Waals surface area contributed by atoms with Crippen molar-refractivity contribution in [3.63, 3.8) is 0 Å². The van der Waals surface area contributed by atoms with Crippen molar-refractivity contribution in [2.45, 2.75) is 26.1 Å². The number of imidazole rings is 1. The van der Waals surface area contributed by atoms with Gasteiger partial charge in [0.25, 0.3) is 0 Å². The van der Waals surface area contributed by atoms with Crippen molar-refractivity contribution in [2.75, 3.05) is 13.2 Å². The van der Waals surface area contributed by atoms with Gasteiger partial charge in [-0.2, -0.15) is 0 Å². The molecule has 2 aliphatic heterocycles. The Morgan fingerprint density at radius 2 is 2.03 bits per heavy atom. The van der Waals surface area contributed by atoms with Gasteiger partial charge in [-0.15, -0.1) is 10.2 Å². The first-order valence-electron chi connectivity index (χ1n) is 10.8. The highest BCUT2D eigenvalue weighted by atomic mass is 35.5. The van der Waals surface area contributed by atoms with E-state index >= 15 is 0 Å². The zero-order valence-electron chi connectivity index (χ0n) is 18.0. The van der Waals surface area contributed by atoms with E-state index in [2.05, 4.69) is 31.5 Å². The van der Waals surface area contributed by atoms with Crippen molar-refractivity contribution < 1.29 is 9.47 Å². The zero-order chi connectivity index (χ0) is 22.4. The molecule has 33 heavy (non-hydrogen) atoms. The highest BCUT2D eigenvalue weighted by Crippen LogP contribution is 2.35. The fourth-order valence-electron chi connectivity index (χ4n) is 4.31. The normalized spacial score (nSPS) is 16.4. The highest BCUT2D eigenvalue weighted by molar-refractivity contribution is 6.31. The summed E-state index contributed by atoms with van der Waals surface area (Å²) in [4.78, 5) is 9.57. The summed E-state index contributed by atoms with van der Waals surface area (Å²) in [6.07, 6.45) is 1.81. The van der Waals surface area contributed by atoms with Crippen LogP contribution in [-0.2, 0) is 22.6 Å². The van der Waals surface area contributed by atoms with Gasteiger partial charge in [0, 0.05) is 17.2 Å². The molecule has 0 N–H and O–H groups in total. The number of hydrogen-bond acceptors (Lipinski definition) is 6. The van der Waals surface area contributed by atoms with Gasteiger partial charge < -0.3 is 14.0 Å². The van der Waals surface area contributed by atoms with Crippen molar-refractivity contribution in [1.29, 1.82) is 0 Å². The van der Waals surface area contributed by atoms with Crippen LogP contribution in [0.5, 0.6) is 0 Å². The van der Waals surface area contributed by atoms with Crippen molar-refractivity contribution in [3.8, 4) is 17.1 Å². The van der Waals surface area contributed by atoms with Gasteiger partial charge in [-0.3, -0.25) is 4.57 Å². The number of fused-ring (bicyclic) bond motifs is 5. The molecule has 4 aromatic rings. The maximum absolute atomic E-state index is 6.35. The molecule has 0 saturated carbocycles. The van der Waals surface area contributed by atoms with E-state index in [4.69, 9.17) is 31.1 Å².